The van der Waals surface area contributed by atoms with E-state index in [1.165, 1.54) is 0 Å². The summed E-state index contributed by atoms with van der Waals surface area (Å²) in [7, 11) is 1.65. The Kier molecular flexibility index (Phi) is 3.13. The second-order valence-electron chi connectivity index (χ2n) is 3.68. The van der Waals surface area contributed by atoms with Crippen LogP contribution in [-0.4, -0.2) is 22.3 Å². The van der Waals surface area contributed by atoms with Crippen LogP contribution in [-0.2, 0) is 0 Å². The summed E-state index contributed by atoms with van der Waals surface area (Å²) < 4.78 is 5.10. The molecule has 0 radical (unpaired) electrons. The average molecular weight is 233 g/mol. The molecule has 6 nitrogen and oxygen atoms in total. The first-order valence-electron chi connectivity index (χ1n) is 5.27. The van der Waals surface area contributed by atoms with Gasteiger partial charge in [0.25, 0.3) is 0 Å². The quantitative estimate of drug-likeness (QED) is 0.745. The summed E-state index contributed by atoms with van der Waals surface area (Å²) >= 11 is 0. The Labute approximate surface area is 99.2 Å². The van der Waals surface area contributed by atoms with Crippen molar-refractivity contribution in [1.29, 1.82) is 0 Å². The Hall–Kier alpha value is -2.24. The van der Waals surface area contributed by atoms with Gasteiger partial charge in [-0.05, 0) is 24.6 Å². The Bertz CT molecular complexity index is 479. The number of hydrogen-bond acceptors (Lipinski definition) is 5. The minimum absolute atomic E-state index is 0.0936. The molecule has 2 rings (SSSR count). The van der Waals surface area contributed by atoms with Gasteiger partial charge in [-0.25, -0.2) is 5.10 Å². The highest BCUT2D eigenvalue weighted by atomic mass is 16.5. The van der Waals surface area contributed by atoms with E-state index in [0.29, 0.717) is 11.9 Å². The molecular formula is C11H15N5O. The number of benzene rings is 1. The third kappa shape index (κ3) is 2.66. The molecule has 0 bridgehead atoms. The lowest BCUT2D eigenvalue weighted by Crippen LogP contribution is -2.07. The maximum atomic E-state index is 5.45. The van der Waals surface area contributed by atoms with Crippen LogP contribution in [0.15, 0.2) is 24.3 Å². The predicted octanol–water partition coefficient (Wildman–Crippen LogP) is 1.57. The zero-order valence-electron chi connectivity index (χ0n) is 9.77. The molecule has 1 heterocycles. The molecule has 0 aliphatic heterocycles. The second kappa shape index (κ2) is 4.73. The second-order valence-corrected chi connectivity index (χ2v) is 3.68. The van der Waals surface area contributed by atoms with Crippen LogP contribution in [0.5, 0.6) is 5.75 Å². The molecular weight excluding hydrogens is 218 g/mol. The van der Waals surface area contributed by atoms with Crippen LogP contribution < -0.4 is 15.8 Å². The van der Waals surface area contributed by atoms with E-state index < -0.39 is 0 Å². The number of anilines is 2. The Morgan fingerprint density at radius 2 is 2.06 bits per heavy atom. The van der Waals surface area contributed by atoms with E-state index in [2.05, 4.69) is 20.5 Å². The van der Waals surface area contributed by atoms with Crippen molar-refractivity contribution in [3.8, 4) is 5.75 Å². The van der Waals surface area contributed by atoms with Crippen molar-refractivity contribution in [2.75, 3.05) is 18.2 Å². The molecule has 1 aromatic carbocycles. The molecule has 0 aliphatic carbocycles. The van der Waals surface area contributed by atoms with Crippen LogP contribution in [0.1, 0.15) is 18.5 Å². The number of ether oxygens (including phenoxy) is 1. The maximum absolute atomic E-state index is 5.45. The van der Waals surface area contributed by atoms with E-state index in [9.17, 15) is 0 Å². The Balaban J connectivity index is 2.06. The predicted molar refractivity (Wildman–Crippen MR) is 65.8 cm³/mol. The molecule has 6 heteroatoms. The van der Waals surface area contributed by atoms with Crippen molar-refractivity contribution in [1.82, 2.24) is 15.2 Å². The summed E-state index contributed by atoms with van der Waals surface area (Å²) in [5.74, 6) is 1.63. The summed E-state index contributed by atoms with van der Waals surface area (Å²) in [6.45, 7) is 2.02. The van der Waals surface area contributed by atoms with Gasteiger partial charge in [0.15, 0.2) is 0 Å². The number of nitrogens with one attached hydrogen (secondary N) is 2. The number of methoxy groups -OCH3 is 1. The summed E-state index contributed by atoms with van der Waals surface area (Å²) in [4.78, 5) is 3.99. The number of H-pyrrole nitrogens is 1. The highest BCUT2D eigenvalue weighted by molar-refractivity contribution is 5.36. The molecule has 0 saturated heterocycles. The average Bonchev–Trinajstić information content (AvgIpc) is 2.75. The van der Waals surface area contributed by atoms with Gasteiger partial charge in [-0.3, -0.25) is 0 Å². The fourth-order valence-electron chi connectivity index (χ4n) is 1.51. The normalized spacial score (nSPS) is 12.1. The van der Waals surface area contributed by atoms with Gasteiger partial charge in [0.2, 0.25) is 11.9 Å². The fraction of sp³-hybridized carbons (Fsp3) is 0.273. The van der Waals surface area contributed by atoms with Gasteiger partial charge in [-0.1, -0.05) is 12.1 Å². The monoisotopic (exact) mass is 233 g/mol. The molecule has 0 saturated carbocycles. The molecule has 1 atom stereocenters. The number of aromatic nitrogens is 3. The lowest BCUT2D eigenvalue weighted by atomic mass is 10.1. The van der Waals surface area contributed by atoms with Gasteiger partial charge in [-0.2, -0.15) is 4.98 Å². The van der Waals surface area contributed by atoms with Gasteiger partial charge in [0, 0.05) is 0 Å². The van der Waals surface area contributed by atoms with E-state index in [4.69, 9.17) is 10.5 Å². The van der Waals surface area contributed by atoms with Crippen molar-refractivity contribution in [3.63, 3.8) is 0 Å². The molecule has 1 aromatic heterocycles. The third-order valence-corrected chi connectivity index (χ3v) is 2.46. The molecule has 90 valence electrons. The molecule has 0 amide bonds. The molecule has 17 heavy (non-hydrogen) atoms. The zero-order chi connectivity index (χ0) is 12.3. The largest absolute Gasteiger partial charge is 0.497 e. The van der Waals surface area contributed by atoms with E-state index >= 15 is 0 Å². The Morgan fingerprint density at radius 1 is 1.35 bits per heavy atom. The number of nitrogens with two attached hydrogens (primary N) is 1. The maximum Gasteiger partial charge on any atom is 0.244 e. The highest BCUT2D eigenvalue weighted by Gasteiger charge is 2.08. The molecule has 2 aromatic rings. The zero-order valence-corrected chi connectivity index (χ0v) is 9.77. The smallest absolute Gasteiger partial charge is 0.244 e. The number of hydrogen-bond donors (Lipinski definition) is 3. The van der Waals surface area contributed by atoms with Crippen LogP contribution in [0.2, 0.25) is 0 Å². The summed E-state index contributed by atoms with van der Waals surface area (Å²) in [5, 5.41) is 9.64. The van der Waals surface area contributed by atoms with Gasteiger partial charge in [-0.15, -0.1) is 5.10 Å². The van der Waals surface area contributed by atoms with Crippen LogP contribution in [0.25, 0.3) is 0 Å². The van der Waals surface area contributed by atoms with Crippen LogP contribution in [0.4, 0.5) is 11.9 Å². The molecule has 0 aliphatic rings. The fourth-order valence-corrected chi connectivity index (χ4v) is 1.51. The van der Waals surface area contributed by atoms with Crippen molar-refractivity contribution >= 4 is 11.9 Å². The summed E-state index contributed by atoms with van der Waals surface area (Å²) in [5.41, 5.74) is 6.56. The van der Waals surface area contributed by atoms with Crippen molar-refractivity contribution in [2.24, 2.45) is 0 Å². The van der Waals surface area contributed by atoms with Gasteiger partial charge >= 0.3 is 0 Å². The van der Waals surface area contributed by atoms with Crippen molar-refractivity contribution in [2.45, 2.75) is 13.0 Å². The standard InChI is InChI=1S/C11H15N5O/c1-7(13-11-14-10(12)15-16-11)8-3-5-9(17-2)6-4-8/h3-7H,1-2H3,(H4,12,13,14,15,16)/t7-/m0/s1. The van der Waals surface area contributed by atoms with Crippen LogP contribution >= 0.6 is 0 Å². The number of rotatable bonds is 4. The Morgan fingerprint density at radius 3 is 2.59 bits per heavy atom. The van der Waals surface area contributed by atoms with Crippen LogP contribution in [0.3, 0.4) is 0 Å². The SMILES string of the molecule is COc1ccc([C@H](C)Nc2n[nH]c(N)n2)cc1. The lowest BCUT2D eigenvalue weighted by molar-refractivity contribution is 0.414. The minimum Gasteiger partial charge on any atom is -0.497 e. The first-order chi connectivity index (χ1) is 8.19. The topological polar surface area (TPSA) is 88.8 Å². The van der Waals surface area contributed by atoms with E-state index in [0.717, 1.165) is 11.3 Å². The van der Waals surface area contributed by atoms with E-state index in [1.54, 1.807) is 7.11 Å². The first kappa shape index (κ1) is 11.3. The van der Waals surface area contributed by atoms with Gasteiger partial charge in [0.1, 0.15) is 5.75 Å². The molecule has 0 spiro atoms. The summed E-state index contributed by atoms with van der Waals surface area (Å²) in [6, 6.07) is 7.91. The number of aromatic amines is 1. The van der Waals surface area contributed by atoms with E-state index in [-0.39, 0.29) is 6.04 Å². The highest BCUT2D eigenvalue weighted by Crippen LogP contribution is 2.19. The molecule has 0 unspecified atom stereocenters. The van der Waals surface area contributed by atoms with Crippen molar-refractivity contribution < 1.29 is 4.74 Å². The van der Waals surface area contributed by atoms with Gasteiger partial charge < -0.3 is 15.8 Å². The van der Waals surface area contributed by atoms with Crippen molar-refractivity contribution in [3.05, 3.63) is 29.8 Å². The number of nitrogens with zero attached hydrogens (tertiary/aromatic N) is 2. The third-order valence-electron chi connectivity index (χ3n) is 2.46. The minimum atomic E-state index is 0.0936. The molecule has 0 fully saturated rings. The lowest BCUT2D eigenvalue weighted by Gasteiger charge is -2.12. The van der Waals surface area contributed by atoms with E-state index in [1.807, 2.05) is 31.2 Å². The summed E-state index contributed by atoms with van der Waals surface area (Å²) in [6.07, 6.45) is 0. The molecule has 4 N–H and O–H groups in total. The number of nitrogen functional groups attached to an aromatic ring is 1. The van der Waals surface area contributed by atoms with Crippen LogP contribution in [0, 0.1) is 0 Å². The first-order valence-corrected chi connectivity index (χ1v) is 5.27. The van der Waals surface area contributed by atoms with Gasteiger partial charge in [0.05, 0.1) is 13.2 Å².